The van der Waals surface area contributed by atoms with Gasteiger partial charge in [-0.2, -0.15) is 0 Å². The molecule has 0 spiro atoms. The fraction of sp³-hybridized carbons (Fsp3) is 1.00. The van der Waals surface area contributed by atoms with Crippen molar-refractivity contribution in [2.45, 2.75) is 45.6 Å². The van der Waals surface area contributed by atoms with Crippen LogP contribution in [0.4, 0.5) is 0 Å². The maximum Gasteiger partial charge on any atom is 0.0671 e. The standard InChI is InChI=1S/C8H17NO.C2H6/c1-3-4-5-8(9-2)6-10-7-8;1-2/h9H,3-7H2,1-2H3;1-2H3. The van der Waals surface area contributed by atoms with Gasteiger partial charge < -0.3 is 10.1 Å². The number of unbranched alkanes of at least 4 members (excludes halogenated alkanes) is 1. The zero-order valence-electron chi connectivity index (χ0n) is 8.94. The minimum atomic E-state index is 0.343. The van der Waals surface area contributed by atoms with Crippen LogP contribution in [0.3, 0.4) is 0 Å². The third-order valence-electron chi connectivity index (χ3n) is 2.30. The van der Waals surface area contributed by atoms with E-state index in [-0.39, 0.29) is 0 Å². The van der Waals surface area contributed by atoms with E-state index >= 15 is 0 Å². The maximum absolute atomic E-state index is 5.16. The lowest BCUT2D eigenvalue weighted by Gasteiger charge is -2.41. The van der Waals surface area contributed by atoms with E-state index in [1.165, 1.54) is 19.3 Å². The van der Waals surface area contributed by atoms with Crippen LogP contribution in [0.5, 0.6) is 0 Å². The van der Waals surface area contributed by atoms with E-state index < -0.39 is 0 Å². The molecule has 1 fully saturated rings. The summed E-state index contributed by atoms with van der Waals surface area (Å²) in [4.78, 5) is 0. The molecule has 0 aromatic rings. The molecule has 0 unspecified atom stereocenters. The molecule has 2 heteroatoms. The Morgan fingerprint density at radius 2 is 1.92 bits per heavy atom. The molecule has 1 rings (SSSR count). The number of likely N-dealkylation sites (N-methyl/N-ethyl adjacent to an activating group) is 1. The van der Waals surface area contributed by atoms with Crippen molar-refractivity contribution in [3.05, 3.63) is 0 Å². The Labute approximate surface area is 76.7 Å². The van der Waals surface area contributed by atoms with E-state index in [0.29, 0.717) is 5.54 Å². The van der Waals surface area contributed by atoms with Crippen LogP contribution < -0.4 is 5.32 Å². The summed E-state index contributed by atoms with van der Waals surface area (Å²) >= 11 is 0. The van der Waals surface area contributed by atoms with Crippen molar-refractivity contribution < 1.29 is 4.74 Å². The number of nitrogens with one attached hydrogen (secondary N) is 1. The molecule has 74 valence electrons. The van der Waals surface area contributed by atoms with E-state index in [1.54, 1.807) is 0 Å². The highest BCUT2D eigenvalue weighted by molar-refractivity contribution is 4.92. The molecule has 0 bridgehead atoms. The van der Waals surface area contributed by atoms with Crippen molar-refractivity contribution in [2.75, 3.05) is 20.3 Å². The van der Waals surface area contributed by atoms with Crippen LogP contribution in [0.15, 0.2) is 0 Å². The van der Waals surface area contributed by atoms with Crippen LogP contribution in [0.1, 0.15) is 40.0 Å². The predicted octanol–water partition coefficient (Wildman–Crippen LogP) is 2.19. The van der Waals surface area contributed by atoms with E-state index in [4.69, 9.17) is 4.74 Å². The first kappa shape index (κ1) is 11.9. The van der Waals surface area contributed by atoms with E-state index in [0.717, 1.165) is 13.2 Å². The number of hydrogen-bond donors (Lipinski definition) is 1. The van der Waals surface area contributed by atoms with Crippen molar-refractivity contribution in [1.29, 1.82) is 0 Å². The highest BCUT2D eigenvalue weighted by atomic mass is 16.5. The predicted molar refractivity (Wildman–Crippen MR) is 53.5 cm³/mol. The molecule has 1 aliphatic heterocycles. The fourth-order valence-corrected chi connectivity index (χ4v) is 1.28. The number of rotatable bonds is 4. The first-order chi connectivity index (χ1) is 5.83. The molecule has 1 saturated heterocycles. The second kappa shape index (κ2) is 6.44. The van der Waals surface area contributed by atoms with Crippen molar-refractivity contribution in [3.63, 3.8) is 0 Å². The monoisotopic (exact) mass is 173 g/mol. The quantitative estimate of drug-likeness (QED) is 0.703. The third kappa shape index (κ3) is 3.11. The summed E-state index contributed by atoms with van der Waals surface area (Å²) in [6, 6.07) is 0. The van der Waals surface area contributed by atoms with Gasteiger partial charge in [0.15, 0.2) is 0 Å². The second-order valence-electron chi connectivity index (χ2n) is 3.13. The van der Waals surface area contributed by atoms with Crippen LogP contribution in [-0.4, -0.2) is 25.8 Å². The van der Waals surface area contributed by atoms with Gasteiger partial charge in [0.25, 0.3) is 0 Å². The lowest BCUT2D eigenvalue weighted by molar-refractivity contribution is -0.0754. The summed E-state index contributed by atoms with van der Waals surface area (Å²) in [5.41, 5.74) is 0.343. The van der Waals surface area contributed by atoms with Crippen LogP contribution in [0.25, 0.3) is 0 Å². The van der Waals surface area contributed by atoms with Crippen molar-refractivity contribution >= 4 is 0 Å². The zero-order valence-corrected chi connectivity index (χ0v) is 8.94. The Morgan fingerprint density at radius 1 is 1.33 bits per heavy atom. The Bertz CT molecular complexity index is 94.5. The minimum absolute atomic E-state index is 0.343. The summed E-state index contributed by atoms with van der Waals surface area (Å²) in [6.45, 7) is 8.04. The summed E-state index contributed by atoms with van der Waals surface area (Å²) in [5.74, 6) is 0. The first-order valence-electron chi connectivity index (χ1n) is 5.10. The summed E-state index contributed by atoms with van der Waals surface area (Å²) in [5, 5.41) is 3.32. The number of ether oxygens (including phenoxy) is 1. The summed E-state index contributed by atoms with van der Waals surface area (Å²) < 4.78 is 5.16. The van der Waals surface area contributed by atoms with Gasteiger partial charge in [-0.1, -0.05) is 33.6 Å². The van der Waals surface area contributed by atoms with E-state index in [9.17, 15) is 0 Å². The van der Waals surface area contributed by atoms with Gasteiger partial charge in [0.1, 0.15) is 0 Å². The van der Waals surface area contributed by atoms with Gasteiger partial charge in [-0.05, 0) is 13.5 Å². The molecule has 0 aromatic heterocycles. The largest absolute Gasteiger partial charge is 0.377 e. The normalized spacial score (nSPS) is 19.0. The minimum Gasteiger partial charge on any atom is -0.377 e. The molecular formula is C10H23NO. The van der Waals surface area contributed by atoms with Crippen LogP contribution in [0, 0.1) is 0 Å². The van der Waals surface area contributed by atoms with Gasteiger partial charge in [-0.15, -0.1) is 0 Å². The van der Waals surface area contributed by atoms with Crippen molar-refractivity contribution in [3.8, 4) is 0 Å². The molecule has 0 amide bonds. The molecule has 0 aromatic carbocycles. The van der Waals surface area contributed by atoms with Gasteiger partial charge in [0.05, 0.1) is 18.8 Å². The van der Waals surface area contributed by atoms with E-state index in [2.05, 4.69) is 12.2 Å². The molecule has 1 heterocycles. The molecule has 12 heavy (non-hydrogen) atoms. The Kier molecular flexibility index (Phi) is 6.39. The van der Waals surface area contributed by atoms with Gasteiger partial charge in [0, 0.05) is 0 Å². The van der Waals surface area contributed by atoms with E-state index in [1.807, 2.05) is 20.9 Å². The number of hydrogen-bond acceptors (Lipinski definition) is 2. The molecule has 0 aliphatic carbocycles. The molecule has 1 aliphatic rings. The average Bonchev–Trinajstić information content (AvgIpc) is 2.08. The van der Waals surface area contributed by atoms with Crippen molar-refractivity contribution in [1.82, 2.24) is 5.32 Å². The third-order valence-corrected chi connectivity index (χ3v) is 2.30. The average molecular weight is 173 g/mol. The Hall–Kier alpha value is -0.0800. The van der Waals surface area contributed by atoms with Gasteiger partial charge in [-0.3, -0.25) is 0 Å². The molecule has 0 radical (unpaired) electrons. The van der Waals surface area contributed by atoms with Gasteiger partial charge >= 0.3 is 0 Å². The first-order valence-corrected chi connectivity index (χ1v) is 5.10. The lowest BCUT2D eigenvalue weighted by atomic mass is 9.91. The molecule has 1 N–H and O–H groups in total. The Morgan fingerprint density at radius 3 is 2.17 bits per heavy atom. The molecule has 2 nitrogen and oxygen atoms in total. The Balaban J connectivity index is 0.000000561. The smallest absolute Gasteiger partial charge is 0.0671 e. The second-order valence-corrected chi connectivity index (χ2v) is 3.13. The maximum atomic E-state index is 5.16. The molecular weight excluding hydrogens is 150 g/mol. The lowest BCUT2D eigenvalue weighted by Crippen LogP contribution is -2.58. The summed E-state index contributed by atoms with van der Waals surface area (Å²) in [7, 11) is 2.03. The van der Waals surface area contributed by atoms with Crippen LogP contribution >= 0.6 is 0 Å². The van der Waals surface area contributed by atoms with Gasteiger partial charge in [0.2, 0.25) is 0 Å². The SMILES string of the molecule is CC.CCCCC1(NC)COC1. The topological polar surface area (TPSA) is 21.3 Å². The fourth-order valence-electron chi connectivity index (χ4n) is 1.28. The highest BCUT2D eigenvalue weighted by Crippen LogP contribution is 2.22. The van der Waals surface area contributed by atoms with Crippen LogP contribution in [0.2, 0.25) is 0 Å². The molecule has 0 saturated carbocycles. The van der Waals surface area contributed by atoms with Gasteiger partial charge in [-0.25, -0.2) is 0 Å². The highest BCUT2D eigenvalue weighted by Gasteiger charge is 2.35. The van der Waals surface area contributed by atoms with Crippen molar-refractivity contribution in [2.24, 2.45) is 0 Å². The van der Waals surface area contributed by atoms with Crippen LogP contribution in [-0.2, 0) is 4.74 Å². The molecule has 0 atom stereocenters. The summed E-state index contributed by atoms with van der Waals surface area (Å²) in [6.07, 6.45) is 3.85. The zero-order chi connectivity index (χ0) is 9.45.